The summed E-state index contributed by atoms with van der Waals surface area (Å²) in [5.41, 5.74) is 12.4. The smallest absolute Gasteiger partial charge is 0.0541 e. The van der Waals surface area contributed by atoms with Gasteiger partial charge in [0.15, 0.2) is 0 Å². The van der Waals surface area contributed by atoms with Gasteiger partial charge in [-0.05, 0) is 95.1 Å². The van der Waals surface area contributed by atoms with Crippen molar-refractivity contribution in [2.45, 2.75) is 0 Å². The first kappa shape index (κ1) is 28.2. The third kappa shape index (κ3) is 5.90. The SMILES string of the molecule is C(=Cc1ccc(Nc2ccccc2)cc1-c1ccc(-n2c3ccccc3c3ccccc32)cc1)c1ccc(Nc2ccccc2)cc1. The zero-order valence-electron chi connectivity index (χ0n) is 25.8. The van der Waals surface area contributed by atoms with Gasteiger partial charge in [-0.2, -0.15) is 0 Å². The average Bonchev–Trinajstić information content (AvgIpc) is 3.47. The first-order valence-corrected chi connectivity index (χ1v) is 15.9. The van der Waals surface area contributed by atoms with Gasteiger partial charge < -0.3 is 15.2 Å². The topological polar surface area (TPSA) is 29.0 Å². The van der Waals surface area contributed by atoms with E-state index in [4.69, 9.17) is 0 Å². The highest BCUT2D eigenvalue weighted by Crippen LogP contribution is 2.34. The Labute approximate surface area is 275 Å². The Bertz CT molecular complexity index is 2260. The van der Waals surface area contributed by atoms with Crippen molar-refractivity contribution in [3.8, 4) is 16.8 Å². The fourth-order valence-corrected chi connectivity index (χ4v) is 6.26. The summed E-state index contributed by atoms with van der Waals surface area (Å²) in [5, 5.41) is 9.58. The number of para-hydroxylation sites is 4. The van der Waals surface area contributed by atoms with Gasteiger partial charge in [0, 0.05) is 39.2 Å². The molecule has 1 heterocycles. The molecule has 3 heteroatoms. The predicted molar refractivity (Wildman–Crippen MR) is 201 cm³/mol. The normalized spacial score (nSPS) is 11.3. The summed E-state index contributed by atoms with van der Waals surface area (Å²) >= 11 is 0. The molecule has 7 aromatic carbocycles. The van der Waals surface area contributed by atoms with Crippen LogP contribution in [0.4, 0.5) is 22.7 Å². The van der Waals surface area contributed by atoms with E-state index in [0.717, 1.165) is 45.1 Å². The molecule has 0 aliphatic heterocycles. The van der Waals surface area contributed by atoms with Crippen molar-refractivity contribution in [2.75, 3.05) is 10.6 Å². The molecule has 224 valence electrons. The third-order valence-electron chi connectivity index (χ3n) is 8.56. The van der Waals surface area contributed by atoms with Crippen LogP contribution in [-0.4, -0.2) is 4.57 Å². The summed E-state index contributed by atoms with van der Waals surface area (Å²) in [5.74, 6) is 0. The van der Waals surface area contributed by atoms with Crippen LogP contribution in [-0.2, 0) is 0 Å². The molecule has 0 amide bonds. The van der Waals surface area contributed by atoms with E-state index in [2.05, 4.69) is 167 Å². The van der Waals surface area contributed by atoms with Gasteiger partial charge in [-0.1, -0.05) is 115 Å². The number of hydrogen-bond acceptors (Lipinski definition) is 2. The van der Waals surface area contributed by atoms with E-state index >= 15 is 0 Å². The number of fused-ring (bicyclic) bond motifs is 3. The van der Waals surface area contributed by atoms with E-state index in [1.165, 1.54) is 27.4 Å². The number of rotatable bonds is 8. The van der Waals surface area contributed by atoms with Gasteiger partial charge in [0.05, 0.1) is 11.0 Å². The summed E-state index contributed by atoms with van der Waals surface area (Å²) in [6, 6.07) is 61.9. The molecule has 0 radical (unpaired) electrons. The van der Waals surface area contributed by atoms with Gasteiger partial charge in [-0.3, -0.25) is 0 Å². The lowest BCUT2D eigenvalue weighted by atomic mass is 9.97. The summed E-state index contributed by atoms with van der Waals surface area (Å²) in [6.45, 7) is 0. The van der Waals surface area contributed by atoms with Crippen LogP contribution < -0.4 is 10.6 Å². The third-order valence-corrected chi connectivity index (χ3v) is 8.56. The highest BCUT2D eigenvalue weighted by molar-refractivity contribution is 6.09. The Kier molecular flexibility index (Phi) is 7.54. The van der Waals surface area contributed by atoms with Crippen LogP contribution in [0.25, 0.3) is 50.8 Å². The monoisotopic (exact) mass is 603 g/mol. The van der Waals surface area contributed by atoms with Gasteiger partial charge in [0.25, 0.3) is 0 Å². The van der Waals surface area contributed by atoms with E-state index < -0.39 is 0 Å². The Morgan fingerprint density at radius 2 is 0.915 bits per heavy atom. The Balaban J connectivity index is 1.14. The number of nitrogens with one attached hydrogen (secondary N) is 2. The van der Waals surface area contributed by atoms with E-state index in [1.807, 2.05) is 36.4 Å². The number of nitrogens with zero attached hydrogens (tertiary/aromatic N) is 1. The molecule has 47 heavy (non-hydrogen) atoms. The van der Waals surface area contributed by atoms with Crippen LogP contribution in [0, 0.1) is 0 Å². The van der Waals surface area contributed by atoms with Crippen LogP contribution in [0.3, 0.4) is 0 Å². The van der Waals surface area contributed by atoms with Crippen molar-refractivity contribution in [3.05, 3.63) is 187 Å². The lowest BCUT2D eigenvalue weighted by Gasteiger charge is -2.14. The fraction of sp³-hybridized carbons (Fsp3) is 0. The van der Waals surface area contributed by atoms with Crippen molar-refractivity contribution < 1.29 is 0 Å². The number of anilines is 4. The van der Waals surface area contributed by atoms with Gasteiger partial charge in [0.2, 0.25) is 0 Å². The van der Waals surface area contributed by atoms with Crippen LogP contribution in [0.1, 0.15) is 11.1 Å². The van der Waals surface area contributed by atoms with Crippen LogP contribution in [0.15, 0.2) is 176 Å². The van der Waals surface area contributed by atoms with Gasteiger partial charge in [-0.25, -0.2) is 0 Å². The molecule has 2 N–H and O–H groups in total. The quantitative estimate of drug-likeness (QED) is 0.169. The molecular formula is C44H33N3. The molecule has 0 saturated carbocycles. The second kappa shape index (κ2) is 12.6. The average molecular weight is 604 g/mol. The minimum Gasteiger partial charge on any atom is -0.356 e. The lowest BCUT2D eigenvalue weighted by Crippen LogP contribution is -1.95. The van der Waals surface area contributed by atoms with E-state index in [0.29, 0.717) is 0 Å². The lowest BCUT2D eigenvalue weighted by molar-refractivity contribution is 1.18. The Hall–Kier alpha value is -6.32. The van der Waals surface area contributed by atoms with Gasteiger partial charge >= 0.3 is 0 Å². The molecular weight excluding hydrogens is 571 g/mol. The Morgan fingerprint density at radius 3 is 1.53 bits per heavy atom. The maximum absolute atomic E-state index is 3.58. The molecule has 3 nitrogen and oxygen atoms in total. The van der Waals surface area contributed by atoms with E-state index in [9.17, 15) is 0 Å². The molecule has 8 aromatic rings. The maximum Gasteiger partial charge on any atom is 0.0541 e. The van der Waals surface area contributed by atoms with E-state index in [-0.39, 0.29) is 0 Å². The van der Waals surface area contributed by atoms with Gasteiger partial charge in [-0.15, -0.1) is 0 Å². The van der Waals surface area contributed by atoms with Crippen LogP contribution in [0.5, 0.6) is 0 Å². The largest absolute Gasteiger partial charge is 0.356 e. The van der Waals surface area contributed by atoms with Crippen LogP contribution >= 0.6 is 0 Å². The molecule has 0 fully saturated rings. The second-order valence-corrected chi connectivity index (χ2v) is 11.7. The van der Waals surface area contributed by atoms with Gasteiger partial charge in [0.1, 0.15) is 0 Å². The molecule has 0 unspecified atom stereocenters. The Morgan fingerprint density at radius 1 is 0.404 bits per heavy atom. The molecule has 0 aliphatic rings. The van der Waals surface area contributed by atoms with Crippen LogP contribution in [0.2, 0.25) is 0 Å². The first-order valence-electron chi connectivity index (χ1n) is 15.9. The maximum atomic E-state index is 3.58. The minimum absolute atomic E-state index is 1.05. The number of hydrogen-bond donors (Lipinski definition) is 2. The molecule has 0 saturated heterocycles. The van der Waals surface area contributed by atoms with E-state index in [1.54, 1.807) is 0 Å². The molecule has 8 rings (SSSR count). The standard InChI is InChI=1S/C44H33N3/c1-3-11-35(12-4-1)45-37-26-20-32(21-27-37)19-22-33-23-28-38(46-36-13-5-2-6-14-36)31-42(33)34-24-29-39(30-25-34)47-43-17-9-7-15-40(43)41-16-8-10-18-44(41)47/h1-31,45-46H. The highest BCUT2D eigenvalue weighted by atomic mass is 15.0. The van der Waals surface area contributed by atoms with Crippen molar-refractivity contribution in [3.63, 3.8) is 0 Å². The molecule has 1 aromatic heterocycles. The molecule has 0 bridgehead atoms. The van der Waals surface area contributed by atoms with Crippen molar-refractivity contribution in [2.24, 2.45) is 0 Å². The zero-order valence-corrected chi connectivity index (χ0v) is 25.8. The first-order chi connectivity index (χ1) is 23.3. The summed E-state index contributed by atoms with van der Waals surface area (Å²) in [4.78, 5) is 0. The number of benzene rings is 7. The van der Waals surface area contributed by atoms with Crippen molar-refractivity contribution in [1.82, 2.24) is 4.57 Å². The fourth-order valence-electron chi connectivity index (χ4n) is 6.26. The molecule has 0 spiro atoms. The van der Waals surface area contributed by atoms with Crippen molar-refractivity contribution in [1.29, 1.82) is 0 Å². The summed E-state index contributed by atoms with van der Waals surface area (Å²) in [7, 11) is 0. The number of aromatic nitrogens is 1. The predicted octanol–water partition coefficient (Wildman–Crippen LogP) is 12.1. The second-order valence-electron chi connectivity index (χ2n) is 11.7. The molecule has 0 aliphatic carbocycles. The summed E-state index contributed by atoms with van der Waals surface area (Å²) in [6.07, 6.45) is 4.39. The van der Waals surface area contributed by atoms with Crippen molar-refractivity contribution >= 4 is 56.7 Å². The molecule has 0 atom stereocenters. The summed E-state index contributed by atoms with van der Waals surface area (Å²) < 4.78 is 2.36. The zero-order chi connectivity index (χ0) is 31.4. The minimum atomic E-state index is 1.05. The highest BCUT2D eigenvalue weighted by Gasteiger charge is 2.12.